The van der Waals surface area contributed by atoms with Gasteiger partial charge in [0.1, 0.15) is 12.4 Å². The largest absolute Gasteiger partial charge is 0.398 e. The molecular weight excluding hydrogens is 246 g/mol. The van der Waals surface area contributed by atoms with E-state index in [1.54, 1.807) is 17.8 Å². The molecule has 0 unspecified atom stereocenters. The minimum atomic E-state index is -0.310. The fourth-order valence-electron chi connectivity index (χ4n) is 1.74. The van der Waals surface area contributed by atoms with E-state index in [2.05, 4.69) is 10.4 Å². The Morgan fingerprint density at radius 3 is 2.84 bits per heavy atom. The Kier molecular flexibility index (Phi) is 3.37. The number of nitrogens with two attached hydrogens (primary N) is 1. The third-order valence-corrected chi connectivity index (χ3v) is 2.59. The minimum absolute atomic E-state index is 0.0892. The fraction of sp³-hybridized carbons (Fsp3) is 0.250. The van der Waals surface area contributed by atoms with Crippen LogP contribution in [0.2, 0.25) is 0 Å². The average molecular weight is 261 g/mol. The number of carbonyl (C=O) groups excluding carboxylic acids is 1. The van der Waals surface area contributed by atoms with Crippen LogP contribution in [0, 0.1) is 6.92 Å². The van der Waals surface area contributed by atoms with Gasteiger partial charge in [-0.2, -0.15) is 5.10 Å². The highest BCUT2D eigenvalue weighted by Crippen LogP contribution is 2.07. The molecule has 100 valence electrons. The van der Waals surface area contributed by atoms with E-state index in [-0.39, 0.29) is 18.0 Å². The SMILES string of the molecule is Cc1cc(NC(=O)Cn2cc(N)ccc2=O)n(C)n1. The molecule has 2 heterocycles. The Morgan fingerprint density at radius 2 is 2.21 bits per heavy atom. The number of amides is 1. The number of nitrogen functional groups attached to an aromatic ring is 1. The van der Waals surface area contributed by atoms with Gasteiger partial charge < -0.3 is 15.6 Å². The number of hydrogen-bond donors (Lipinski definition) is 2. The molecule has 0 saturated heterocycles. The number of nitrogens with one attached hydrogen (secondary N) is 1. The van der Waals surface area contributed by atoms with Crippen LogP contribution in [-0.4, -0.2) is 20.3 Å². The molecule has 19 heavy (non-hydrogen) atoms. The lowest BCUT2D eigenvalue weighted by atomic mass is 10.4. The molecule has 0 radical (unpaired) electrons. The first-order valence-electron chi connectivity index (χ1n) is 5.72. The Bertz CT molecular complexity index is 671. The molecule has 0 aliphatic heterocycles. The highest BCUT2D eigenvalue weighted by atomic mass is 16.2. The number of pyridine rings is 1. The first kappa shape index (κ1) is 12.9. The molecule has 0 bridgehead atoms. The maximum absolute atomic E-state index is 11.9. The molecule has 1 amide bonds. The lowest BCUT2D eigenvalue weighted by Crippen LogP contribution is -2.27. The van der Waals surface area contributed by atoms with E-state index in [1.807, 2.05) is 6.92 Å². The predicted octanol–water partition coefficient (Wildman–Crippen LogP) is 0.111. The summed E-state index contributed by atoms with van der Waals surface area (Å²) in [7, 11) is 1.73. The van der Waals surface area contributed by atoms with Crippen molar-refractivity contribution in [3.63, 3.8) is 0 Å². The summed E-state index contributed by atoms with van der Waals surface area (Å²) in [6.07, 6.45) is 1.44. The maximum Gasteiger partial charge on any atom is 0.251 e. The Hall–Kier alpha value is -2.57. The summed E-state index contributed by atoms with van der Waals surface area (Å²) in [5.41, 5.74) is 6.54. The van der Waals surface area contributed by atoms with E-state index in [1.165, 1.54) is 22.9 Å². The summed E-state index contributed by atoms with van der Waals surface area (Å²) in [6, 6.07) is 4.58. The molecule has 2 aromatic heterocycles. The van der Waals surface area contributed by atoms with Crippen molar-refractivity contribution in [3.8, 4) is 0 Å². The third-order valence-electron chi connectivity index (χ3n) is 2.59. The molecular formula is C12H15N5O2. The lowest BCUT2D eigenvalue weighted by molar-refractivity contribution is -0.116. The van der Waals surface area contributed by atoms with E-state index >= 15 is 0 Å². The zero-order valence-corrected chi connectivity index (χ0v) is 10.8. The molecule has 2 aromatic rings. The maximum atomic E-state index is 11.9. The summed E-state index contributed by atoms with van der Waals surface area (Å²) in [6.45, 7) is 1.74. The second-order valence-electron chi connectivity index (χ2n) is 4.27. The van der Waals surface area contributed by atoms with E-state index in [0.29, 0.717) is 11.5 Å². The number of hydrogen-bond acceptors (Lipinski definition) is 4. The molecule has 7 nitrogen and oxygen atoms in total. The van der Waals surface area contributed by atoms with Crippen molar-refractivity contribution in [1.29, 1.82) is 0 Å². The quantitative estimate of drug-likeness (QED) is 0.819. The highest BCUT2D eigenvalue weighted by Gasteiger charge is 2.08. The van der Waals surface area contributed by atoms with E-state index in [0.717, 1.165) is 5.69 Å². The first-order chi connectivity index (χ1) is 8.95. The summed E-state index contributed by atoms with van der Waals surface area (Å²) in [5, 5.41) is 6.80. The molecule has 0 atom stereocenters. The summed E-state index contributed by atoms with van der Waals surface area (Å²) >= 11 is 0. The van der Waals surface area contributed by atoms with Crippen molar-refractivity contribution in [2.45, 2.75) is 13.5 Å². The lowest BCUT2D eigenvalue weighted by Gasteiger charge is -2.07. The Balaban J connectivity index is 2.11. The molecule has 0 aliphatic rings. The van der Waals surface area contributed by atoms with Gasteiger partial charge in [0.2, 0.25) is 5.91 Å². The zero-order valence-electron chi connectivity index (χ0n) is 10.8. The number of aryl methyl sites for hydroxylation is 2. The summed E-state index contributed by atoms with van der Waals surface area (Å²) in [5.74, 6) is 0.273. The standard InChI is InChI=1S/C12H15N5O2/c1-8-5-10(16(2)15-8)14-11(18)7-17-6-9(13)3-4-12(17)19/h3-6H,7,13H2,1-2H3,(H,14,18). The van der Waals surface area contributed by atoms with E-state index in [9.17, 15) is 9.59 Å². The highest BCUT2D eigenvalue weighted by molar-refractivity contribution is 5.89. The molecule has 0 saturated carbocycles. The van der Waals surface area contributed by atoms with Gasteiger partial charge in [-0.05, 0) is 13.0 Å². The van der Waals surface area contributed by atoms with Gasteiger partial charge in [0, 0.05) is 31.1 Å². The van der Waals surface area contributed by atoms with Crippen LogP contribution >= 0.6 is 0 Å². The normalized spacial score (nSPS) is 10.4. The van der Waals surface area contributed by atoms with Crippen LogP contribution in [0.1, 0.15) is 5.69 Å². The van der Waals surface area contributed by atoms with Crippen LogP contribution in [0.15, 0.2) is 29.2 Å². The molecule has 2 rings (SSSR count). The van der Waals surface area contributed by atoms with Gasteiger partial charge in [-0.25, -0.2) is 0 Å². The predicted molar refractivity (Wildman–Crippen MR) is 71.7 cm³/mol. The van der Waals surface area contributed by atoms with Gasteiger partial charge in [0.25, 0.3) is 5.56 Å². The first-order valence-corrected chi connectivity index (χ1v) is 5.72. The number of nitrogens with zero attached hydrogens (tertiary/aromatic N) is 3. The van der Waals surface area contributed by atoms with Gasteiger partial charge >= 0.3 is 0 Å². The van der Waals surface area contributed by atoms with Crippen LogP contribution < -0.4 is 16.6 Å². The van der Waals surface area contributed by atoms with Crippen molar-refractivity contribution < 1.29 is 4.79 Å². The molecule has 7 heteroatoms. The number of aromatic nitrogens is 3. The monoisotopic (exact) mass is 261 g/mol. The summed E-state index contributed by atoms with van der Waals surface area (Å²) < 4.78 is 2.82. The Labute approximate surface area is 109 Å². The van der Waals surface area contributed by atoms with Crippen molar-refractivity contribution in [2.24, 2.45) is 7.05 Å². The molecule has 3 N–H and O–H groups in total. The van der Waals surface area contributed by atoms with Gasteiger partial charge in [-0.3, -0.25) is 14.3 Å². The van der Waals surface area contributed by atoms with Crippen LogP contribution in [0.25, 0.3) is 0 Å². The topological polar surface area (TPSA) is 94.9 Å². The number of anilines is 2. The number of carbonyl (C=O) groups is 1. The van der Waals surface area contributed by atoms with Crippen molar-refractivity contribution >= 4 is 17.4 Å². The molecule has 0 aliphatic carbocycles. The molecule has 0 aromatic carbocycles. The second kappa shape index (κ2) is 4.97. The van der Waals surface area contributed by atoms with Crippen LogP contribution in [-0.2, 0) is 18.4 Å². The van der Waals surface area contributed by atoms with Gasteiger partial charge in [-0.1, -0.05) is 0 Å². The van der Waals surface area contributed by atoms with Crippen LogP contribution in [0.5, 0.6) is 0 Å². The zero-order chi connectivity index (χ0) is 14.0. The third kappa shape index (κ3) is 3.01. The molecule has 0 spiro atoms. The number of rotatable bonds is 3. The average Bonchev–Trinajstić information content (AvgIpc) is 2.62. The van der Waals surface area contributed by atoms with Gasteiger partial charge in [0.15, 0.2) is 0 Å². The van der Waals surface area contributed by atoms with E-state index < -0.39 is 0 Å². The van der Waals surface area contributed by atoms with Crippen LogP contribution in [0.4, 0.5) is 11.5 Å². The van der Waals surface area contributed by atoms with Crippen molar-refractivity contribution in [2.75, 3.05) is 11.1 Å². The summed E-state index contributed by atoms with van der Waals surface area (Å²) in [4.78, 5) is 23.4. The van der Waals surface area contributed by atoms with E-state index in [4.69, 9.17) is 5.73 Å². The Morgan fingerprint density at radius 1 is 1.47 bits per heavy atom. The van der Waals surface area contributed by atoms with Crippen molar-refractivity contribution in [1.82, 2.24) is 14.3 Å². The van der Waals surface area contributed by atoms with Crippen LogP contribution in [0.3, 0.4) is 0 Å². The van der Waals surface area contributed by atoms with Crippen molar-refractivity contribution in [3.05, 3.63) is 40.4 Å². The van der Waals surface area contributed by atoms with Gasteiger partial charge in [-0.15, -0.1) is 0 Å². The fourth-order valence-corrected chi connectivity index (χ4v) is 1.74. The molecule has 0 fully saturated rings. The minimum Gasteiger partial charge on any atom is -0.398 e. The smallest absolute Gasteiger partial charge is 0.251 e. The van der Waals surface area contributed by atoms with Gasteiger partial charge in [0.05, 0.1) is 5.69 Å². The second-order valence-corrected chi connectivity index (χ2v) is 4.27.